The van der Waals surface area contributed by atoms with Gasteiger partial charge in [-0.25, -0.2) is 0 Å². The van der Waals surface area contributed by atoms with Crippen LogP contribution in [0, 0.1) is 17.3 Å². The standard InChI is InChI=1S/C13H22F3NO2/c1-12(2,3)10(8-18)11(19)17-6-4-5-9(7-17)13(14,15)16/h9-10,18H,4-8H2,1-3H3. The van der Waals surface area contributed by atoms with E-state index in [1.54, 1.807) is 20.8 Å². The van der Waals surface area contributed by atoms with Crippen molar-refractivity contribution in [2.45, 2.75) is 39.8 Å². The molecule has 1 rings (SSSR count). The third kappa shape index (κ3) is 4.09. The summed E-state index contributed by atoms with van der Waals surface area (Å²) >= 11 is 0. The van der Waals surface area contributed by atoms with Gasteiger partial charge in [0.05, 0.1) is 18.4 Å². The second-order valence-electron chi connectivity index (χ2n) is 6.27. The first-order valence-corrected chi connectivity index (χ1v) is 6.53. The SMILES string of the molecule is CC(C)(C)C(CO)C(=O)N1CCCC(C(F)(F)F)C1. The third-order valence-corrected chi connectivity index (χ3v) is 3.72. The second-order valence-corrected chi connectivity index (χ2v) is 6.27. The number of alkyl halides is 3. The van der Waals surface area contributed by atoms with Crippen molar-refractivity contribution in [1.29, 1.82) is 0 Å². The molecule has 6 heteroatoms. The van der Waals surface area contributed by atoms with Gasteiger partial charge in [-0.05, 0) is 18.3 Å². The summed E-state index contributed by atoms with van der Waals surface area (Å²) in [5.41, 5.74) is -0.461. The Morgan fingerprint density at radius 3 is 2.37 bits per heavy atom. The topological polar surface area (TPSA) is 40.5 Å². The molecule has 1 fully saturated rings. The summed E-state index contributed by atoms with van der Waals surface area (Å²) < 4.78 is 38.1. The third-order valence-electron chi connectivity index (χ3n) is 3.72. The van der Waals surface area contributed by atoms with Gasteiger partial charge >= 0.3 is 6.18 Å². The van der Waals surface area contributed by atoms with Crippen LogP contribution in [0.4, 0.5) is 13.2 Å². The van der Waals surface area contributed by atoms with E-state index in [1.807, 2.05) is 0 Å². The molecule has 1 aliphatic rings. The molecule has 2 atom stereocenters. The second kappa shape index (κ2) is 5.69. The Balaban J connectivity index is 2.77. The normalized spacial score (nSPS) is 23.3. The lowest BCUT2D eigenvalue weighted by Gasteiger charge is -2.38. The Bertz CT molecular complexity index is 323. The number of halogens is 3. The van der Waals surface area contributed by atoms with Gasteiger partial charge in [0.25, 0.3) is 0 Å². The van der Waals surface area contributed by atoms with Crippen LogP contribution in [-0.2, 0) is 4.79 Å². The Hall–Kier alpha value is -0.780. The molecule has 1 heterocycles. The zero-order valence-electron chi connectivity index (χ0n) is 11.6. The number of likely N-dealkylation sites (tertiary alicyclic amines) is 1. The van der Waals surface area contributed by atoms with Gasteiger partial charge in [-0.2, -0.15) is 13.2 Å². The van der Waals surface area contributed by atoms with Crippen molar-refractivity contribution in [2.75, 3.05) is 19.7 Å². The Morgan fingerprint density at radius 2 is 1.95 bits per heavy atom. The number of amides is 1. The van der Waals surface area contributed by atoms with Crippen molar-refractivity contribution < 1.29 is 23.1 Å². The van der Waals surface area contributed by atoms with E-state index in [-0.39, 0.29) is 25.5 Å². The maximum atomic E-state index is 12.7. The summed E-state index contributed by atoms with van der Waals surface area (Å²) in [6.45, 7) is 5.13. The van der Waals surface area contributed by atoms with Crippen LogP contribution in [-0.4, -0.2) is 41.8 Å². The van der Waals surface area contributed by atoms with Gasteiger partial charge in [-0.3, -0.25) is 4.79 Å². The number of carbonyl (C=O) groups excluding carboxylic acids is 1. The highest BCUT2D eigenvalue weighted by molar-refractivity contribution is 5.79. The minimum Gasteiger partial charge on any atom is -0.396 e. The predicted molar refractivity (Wildman–Crippen MR) is 65.4 cm³/mol. The van der Waals surface area contributed by atoms with Gasteiger partial charge in [0.1, 0.15) is 0 Å². The summed E-state index contributed by atoms with van der Waals surface area (Å²) in [6.07, 6.45) is -3.82. The van der Waals surface area contributed by atoms with Crippen LogP contribution in [0.5, 0.6) is 0 Å². The van der Waals surface area contributed by atoms with E-state index in [4.69, 9.17) is 0 Å². The van der Waals surface area contributed by atoms with Crippen LogP contribution < -0.4 is 0 Å². The summed E-state index contributed by atoms with van der Waals surface area (Å²) in [6, 6.07) is 0. The first-order valence-electron chi connectivity index (χ1n) is 6.53. The highest BCUT2D eigenvalue weighted by atomic mass is 19.4. The predicted octanol–water partition coefficient (Wildman–Crippen LogP) is 2.44. The van der Waals surface area contributed by atoms with Gasteiger partial charge in [0.15, 0.2) is 0 Å². The number of carbonyl (C=O) groups is 1. The fraction of sp³-hybridized carbons (Fsp3) is 0.923. The van der Waals surface area contributed by atoms with Crippen molar-refractivity contribution in [2.24, 2.45) is 17.3 Å². The smallest absolute Gasteiger partial charge is 0.393 e. The number of piperidine rings is 1. The number of hydrogen-bond donors (Lipinski definition) is 1. The maximum absolute atomic E-state index is 12.7. The summed E-state index contributed by atoms with van der Waals surface area (Å²) in [5.74, 6) is -2.46. The monoisotopic (exact) mass is 281 g/mol. The highest BCUT2D eigenvalue weighted by Crippen LogP contribution is 2.35. The quantitative estimate of drug-likeness (QED) is 0.844. The molecule has 0 aliphatic carbocycles. The zero-order valence-corrected chi connectivity index (χ0v) is 11.6. The molecule has 0 spiro atoms. The van der Waals surface area contributed by atoms with Crippen molar-refractivity contribution >= 4 is 5.91 Å². The highest BCUT2D eigenvalue weighted by Gasteiger charge is 2.44. The van der Waals surface area contributed by atoms with Crippen molar-refractivity contribution in [3.63, 3.8) is 0 Å². The fourth-order valence-electron chi connectivity index (χ4n) is 2.39. The molecule has 0 aromatic heterocycles. The number of nitrogens with zero attached hydrogens (tertiary/aromatic N) is 1. The average molecular weight is 281 g/mol. The number of aliphatic hydroxyl groups excluding tert-OH is 1. The molecule has 112 valence electrons. The van der Waals surface area contributed by atoms with Crippen LogP contribution in [0.1, 0.15) is 33.6 Å². The lowest BCUT2D eigenvalue weighted by atomic mass is 9.80. The van der Waals surface area contributed by atoms with Crippen LogP contribution in [0.25, 0.3) is 0 Å². The average Bonchev–Trinajstić information content (AvgIpc) is 2.27. The van der Waals surface area contributed by atoms with E-state index in [1.165, 1.54) is 4.90 Å². The lowest BCUT2D eigenvalue weighted by molar-refractivity contribution is -0.189. The molecule has 1 N–H and O–H groups in total. The minimum absolute atomic E-state index is 0.0760. The molecule has 0 bridgehead atoms. The van der Waals surface area contributed by atoms with Gasteiger partial charge in [-0.1, -0.05) is 20.8 Å². The molecule has 0 saturated carbocycles. The molecule has 1 aliphatic heterocycles. The van der Waals surface area contributed by atoms with Crippen LogP contribution in [0.2, 0.25) is 0 Å². The van der Waals surface area contributed by atoms with Crippen molar-refractivity contribution in [3.8, 4) is 0 Å². The summed E-state index contributed by atoms with van der Waals surface area (Å²) in [7, 11) is 0. The zero-order chi connectivity index (χ0) is 14.8. The largest absolute Gasteiger partial charge is 0.396 e. The molecular formula is C13H22F3NO2. The minimum atomic E-state index is -4.25. The Labute approximate surface area is 111 Å². The van der Waals surface area contributed by atoms with E-state index >= 15 is 0 Å². The van der Waals surface area contributed by atoms with E-state index in [0.29, 0.717) is 13.0 Å². The summed E-state index contributed by atoms with van der Waals surface area (Å²) in [5, 5.41) is 9.32. The van der Waals surface area contributed by atoms with Crippen molar-refractivity contribution in [3.05, 3.63) is 0 Å². The number of rotatable bonds is 2. The number of aliphatic hydroxyl groups is 1. The number of hydrogen-bond acceptors (Lipinski definition) is 2. The molecule has 1 amide bonds. The van der Waals surface area contributed by atoms with Crippen LogP contribution in [0.15, 0.2) is 0 Å². The Kier molecular flexibility index (Phi) is 4.87. The van der Waals surface area contributed by atoms with Crippen LogP contribution in [0.3, 0.4) is 0 Å². The van der Waals surface area contributed by atoms with Crippen LogP contribution >= 0.6 is 0 Å². The summed E-state index contributed by atoms with van der Waals surface area (Å²) in [4.78, 5) is 13.5. The fourth-order valence-corrected chi connectivity index (χ4v) is 2.39. The molecule has 2 unspecified atom stereocenters. The molecule has 0 aromatic carbocycles. The van der Waals surface area contributed by atoms with E-state index in [0.717, 1.165) is 0 Å². The Morgan fingerprint density at radius 1 is 1.37 bits per heavy atom. The molecule has 1 saturated heterocycles. The molecule has 0 aromatic rings. The maximum Gasteiger partial charge on any atom is 0.393 e. The van der Waals surface area contributed by atoms with E-state index in [9.17, 15) is 23.1 Å². The first-order chi connectivity index (χ1) is 8.57. The lowest BCUT2D eigenvalue weighted by Crippen LogP contribution is -2.49. The van der Waals surface area contributed by atoms with E-state index < -0.39 is 23.4 Å². The molecule has 3 nitrogen and oxygen atoms in total. The van der Waals surface area contributed by atoms with Gasteiger partial charge in [0, 0.05) is 13.1 Å². The molecular weight excluding hydrogens is 259 g/mol. The van der Waals surface area contributed by atoms with Crippen molar-refractivity contribution in [1.82, 2.24) is 4.90 Å². The van der Waals surface area contributed by atoms with E-state index in [2.05, 4.69) is 0 Å². The first kappa shape index (κ1) is 16.3. The van der Waals surface area contributed by atoms with Gasteiger partial charge in [-0.15, -0.1) is 0 Å². The van der Waals surface area contributed by atoms with Gasteiger partial charge < -0.3 is 10.0 Å². The molecule has 19 heavy (non-hydrogen) atoms. The van der Waals surface area contributed by atoms with Gasteiger partial charge in [0.2, 0.25) is 5.91 Å². The molecule has 0 radical (unpaired) electrons.